The maximum absolute atomic E-state index is 13.3. The van der Waals surface area contributed by atoms with E-state index >= 15 is 0 Å². The summed E-state index contributed by atoms with van der Waals surface area (Å²) in [5.74, 6) is 0.850. The molecule has 0 bridgehead atoms. The van der Waals surface area contributed by atoms with Crippen molar-refractivity contribution in [2.24, 2.45) is 0 Å². The highest BCUT2D eigenvalue weighted by Crippen LogP contribution is 2.37. The molecule has 1 amide bonds. The molecule has 35 heavy (non-hydrogen) atoms. The van der Waals surface area contributed by atoms with Gasteiger partial charge in [-0.3, -0.25) is 19.1 Å². The predicted molar refractivity (Wildman–Crippen MR) is 135 cm³/mol. The lowest BCUT2D eigenvalue weighted by atomic mass is 10.1. The van der Waals surface area contributed by atoms with Crippen LogP contribution in [0.2, 0.25) is 0 Å². The van der Waals surface area contributed by atoms with Crippen LogP contribution in [0, 0.1) is 0 Å². The molecule has 0 saturated carbocycles. The number of amides is 1. The van der Waals surface area contributed by atoms with Crippen LogP contribution in [0.25, 0.3) is 10.4 Å². The first-order valence-corrected chi connectivity index (χ1v) is 11.7. The maximum atomic E-state index is 13.3. The number of hydrogen-bond acceptors (Lipinski definition) is 7. The maximum Gasteiger partial charge on any atom is 0.330 e. The molecule has 0 unspecified atom stereocenters. The number of nitrogens with two attached hydrogens (primary N) is 1. The third kappa shape index (κ3) is 4.31. The third-order valence-corrected chi connectivity index (χ3v) is 6.80. The minimum absolute atomic E-state index is 0.0814. The number of hydrogen-bond donors (Lipinski definition) is 2. The van der Waals surface area contributed by atoms with Crippen molar-refractivity contribution in [3.63, 3.8) is 0 Å². The second kappa shape index (κ2) is 9.15. The molecule has 0 atom stereocenters. The van der Waals surface area contributed by atoms with Crippen LogP contribution in [0.1, 0.15) is 15.2 Å². The Bertz CT molecular complexity index is 1520. The summed E-state index contributed by atoms with van der Waals surface area (Å²) in [4.78, 5) is 43.1. The van der Waals surface area contributed by atoms with Crippen LogP contribution < -0.4 is 31.4 Å². The van der Waals surface area contributed by atoms with Gasteiger partial charge in [-0.15, -0.1) is 11.3 Å². The molecule has 0 fully saturated rings. The molecule has 178 valence electrons. The quantitative estimate of drug-likeness (QED) is 0.444. The van der Waals surface area contributed by atoms with Gasteiger partial charge in [-0.05, 0) is 41.5 Å². The number of aromatic nitrogens is 2. The van der Waals surface area contributed by atoms with Crippen LogP contribution >= 0.6 is 11.3 Å². The summed E-state index contributed by atoms with van der Waals surface area (Å²) in [6, 6.07) is 18.4. The normalized spacial score (nSPS) is 12.4. The topological polar surface area (TPSA) is 120 Å². The van der Waals surface area contributed by atoms with E-state index in [1.807, 2.05) is 54.6 Å². The largest absolute Gasteiger partial charge is 0.486 e. The number of carbonyl (C=O) groups is 1. The summed E-state index contributed by atoms with van der Waals surface area (Å²) in [5, 5.41) is 0. The monoisotopic (exact) mass is 490 g/mol. The molecular weight excluding hydrogens is 468 g/mol. The second-order valence-corrected chi connectivity index (χ2v) is 9.04. The lowest BCUT2D eigenvalue weighted by Crippen LogP contribution is -2.39. The Morgan fingerprint density at radius 1 is 1.06 bits per heavy atom. The Kier molecular flexibility index (Phi) is 5.87. The Labute approximate surface area is 204 Å². The molecule has 1 aliphatic heterocycles. The fraction of sp³-hybridized carbons (Fsp3) is 0.160. The molecular formula is C25H22N4O5S. The number of nitrogens with one attached hydrogen (secondary N) is 1. The zero-order valence-corrected chi connectivity index (χ0v) is 19.6. The summed E-state index contributed by atoms with van der Waals surface area (Å²) >= 11 is 1.28. The van der Waals surface area contributed by atoms with Gasteiger partial charge in [0.2, 0.25) is 0 Å². The lowest BCUT2D eigenvalue weighted by Gasteiger charge is -2.20. The molecule has 0 saturated heterocycles. The van der Waals surface area contributed by atoms with Gasteiger partial charge in [0.15, 0.2) is 17.2 Å². The molecule has 5 rings (SSSR count). The summed E-state index contributed by atoms with van der Waals surface area (Å²) in [5.41, 5.74) is 6.50. The number of nitrogens with zero attached hydrogens (tertiary/aromatic N) is 2. The Morgan fingerprint density at radius 3 is 2.57 bits per heavy atom. The van der Waals surface area contributed by atoms with Gasteiger partial charge in [-0.2, -0.15) is 0 Å². The van der Waals surface area contributed by atoms with E-state index in [0.717, 1.165) is 16.0 Å². The van der Waals surface area contributed by atoms with E-state index in [-0.39, 0.29) is 18.1 Å². The number of aromatic amines is 1. The zero-order chi connectivity index (χ0) is 24.5. The van der Waals surface area contributed by atoms with E-state index in [0.29, 0.717) is 29.6 Å². The minimum atomic E-state index is -0.726. The Morgan fingerprint density at radius 2 is 1.80 bits per heavy atom. The van der Waals surface area contributed by atoms with Crippen molar-refractivity contribution in [2.75, 3.05) is 30.9 Å². The number of benzene rings is 2. The highest BCUT2D eigenvalue weighted by molar-refractivity contribution is 7.17. The Hall–Kier alpha value is -4.31. The Balaban J connectivity index is 1.44. The molecule has 0 spiro atoms. The van der Waals surface area contributed by atoms with Gasteiger partial charge >= 0.3 is 5.69 Å². The molecule has 9 nitrogen and oxygen atoms in total. The average Bonchev–Trinajstić information content (AvgIpc) is 3.36. The molecule has 0 aliphatic carbocycles. The van der Waals surface area contributed by atoms with Crippen molar-refractivity contribution in [2.45, 2.75) is 6.54 Å². The second-order valence-electron chi connectivity index (χ2n) is 7.95. The van der Waals surface area contributed by atoms with E-state index in [2.05, 4.69) is 4.98 Å². The average molecular weight is 491 g/mol. The molecule has 3 heterocycles. The van der Waals surface area contributed by atoms with Gasteiger partial charge in [-0.25, -0.2) is 4.79 Å². The molecule has 2 aromatic carbocycles. The first-order chi connectivity index (χ1) is 16.9. The highest BCUT2D eigenvalue weighted by Gasteiger charge is 2.24. The molecule has 2 aromatic heterocycles. The standard InChI is InChI=1S/C25H22N4O5S/c1-28(21-22(26)29(25(32)27-23(21)30)14-15-5-3-2-4-6-15)24(31)20-10-9-19(35-20)16-7-8-17-18(13-16)34-12-11-33-17/h2-10,13H,11-12,14,26H2,1H3,(H,27,30,32). The van der Waals surface area contributed by atoms with Crippen molar-refractivity contribution >= 4 is 28.7 Å². The van der Waals surface area contributed by atoms with E-state index < -0.39 is 17.2 Å². The first kappa shape index (κ1) is 22.5. The van der Waals surface area contributed by atoms with Gasteiger partial charge in [0.25, 0.3) is 11.5 Å². The van der Waals surface area contributed by atoms with Crippen molar-refractivity contribution < 1.29 is 14.3 Å². The number of H-pyrrole nitrogens is 1. The van der Waals surface area contributed by atoms with Crippen LogP contribution in [0.15, 0.2) is 70.3 Å². The number of carbonyl (C=O) groups excluding carboxylic acids is 1. The summed E-state index contributed by atoms with van der Waals surface area (Å²) in [6.45, 7) is 1.15. The fourth-order valence-electron chi connectivity index (χ4n) is 3.90. The van der Waals surface area contributed by atoms with Crippen LogP contribution in [0.3, 0.4) is 0 Å². The van der Waals surface area contributed by atoms with Gasteiger partial charge in [0.05, 0.1) is 11.4 Å². The fourth-order valence-corrected chi connectivity index (χ4v) is 4.87. The van der Waals surface area contributed by atoms with Gasteiger partial charge in [0.1, 0.15) is 19.0 Å². The predicted octanol–water partition coefficient (Wildman–Crippen LogP) is 2.94. The van der Waals surface area contributed by atoms with E-state index in [4.69, 9.17) is 15.2 Å². The van der Waals surface area contributed by atoms with Gasteiger partial charge in [0, 0.05) is 11.9 Å². The minimum Gasteiger partial charge on any atom is -0.486 e. The van der Waals surface area contributed by atoms with Crippen LogP contribution in [0.4, 0.5) is 11.5 Å². The number of ether oxygens (including phenoxy) is 2. The van der Waals surface area contributed by atoms with E-state index in [1.165, 1.54) is 27.9 Å². The molecule has 1 aliphatic rings. The number of fused-ring (bicyclic) bond motifs is 1. The van der Waals surface area contributed by atoms with Crippen LogP contribution in [-0.2, 0) is 6.54 Å². The highest BCUT2D eigenvalue weighted by atomic mass is 32.1. The molecule has 4 aromatic rings. The summed E-state index contributed by atoms with van der Waals surface area (Å²) in [6.07, 6.45) is 0. The first-order valence-electron chi connectivity index (χ1n) is 10.9. The molecule has 3 N–H and O–H groups in total. The summed E-state index contributed by atoms with van der Waals surface area (Å²) in [7, 11) is 1.46. The van der Waals surface area contributed by atoms with Crippen LogP contribution in [-0.4, -0.2) is 35.7 Å². The van der Waals surface area contributed by atoms with Crippen molar-refractivity contribution in [1.29, 1.82) is 0 Å². The van der Waals surface area contributed by atoms with Gasteiger partial charge < -0.3 is 20.1 Å². The number of nitrogen functional groups attached to an aromatic ring is 1. The van der Waals surface area contributed by atoms with Crippen molar-refractivity contribution in [1.82, 2.24) is 9.55 Å². The number of rotatable bonds is 5. The summed E-state index contributed by atoms with van der Waals surface area (Å²) < 4.78 is 12.5. The lowest BCUT2D eigenvalue weighted by molar-refractivity contribution is 0.0996. The number of thiophene rings is 1. The van der Waals surface area contributed by atoms with Crippen LogP contribution in [0.5, 0.6) is 11.5 Å². The third-order valence-electron chi connectivity index (χ3n) is 5.68. The zero-order valence-electron chi connectivity index (χ0n) is 18.8. The SMILES string of the molecule is CN(C(=O)c1ccc(-c2ccc3c(c2)OCCO3)s1)c1c(N)n(Cc2ccccc2)c(=O)[nH]c1=O. The van der Waals surface area contributed by atoms with Crippen molar-refractivity contribution in [3.05, 3.63) is 91.9 Å². The van der Waals surface area contributed by atoms with Crippen molar-refractivity contribution in [3.8, 4) is 21.9 Å². The van der Waals surface area contributed by atoms with E-state index in [1.54, 1.807) is 6.07 Å². The van der Waals surface area contributed by atoms with E-state index in [9.17, 15) is 14.4 Å². The smallest absolute Gasteiger partial charge is 0.330 e. The molecule has 0 radical (unpaired) electrons. The van der Waals surface area contributed by atoms with Gasteiger partial charge in [-0.1, -0.05) is 30.3 Å². The molecule has 10 heteroatoms. The number of anilines is 2.